The van der Waals surface area contributed by atoms with Gasteiger partial charge in [-0.2, -0.15) is 4.31 Å². The van der Waals surface area contributed by atoms with Crippen LogP contribution < -0.4 is 4.74 Å². The molecule has 106 valence electrons. The number of benzene rings is 1. The van der Waals surface area contributed by atoms with E-state index >= 15 is 0 Å². The molecule has 0 aromatic heterocycles. The van der Waals surface area contributed by atoms with Gasteiger partial charge >= 0.3 is 0 Å². The van der Waals surface area contributed by atoms with Gasteiger partial charge in [0.25, 0.3) is 0 Å². The van der Waals surface area contributed by atoms with Crippen LogP contribution in [0.5, 0.6) is 5.75 Å². The van der Waals surface area contributed by atoms with Gasteiger partial charge in [0, 0.05) is 12.6 Å². The van der Waals surface area contributed by atoms with Gasteiger partial charge in [0.2, 0.25) is 10.0 Å². The topological polar surface area (TPSA) is 65.1 Å². The number of methoxy groups -OCH3 is 1. The van der Waals surface area contributed by atoms with Gasteiger partial charge < -0.3 is 14.2 Å². The largest absolute Gasteiger partial charge is 0.496 e. The van der Waals surface area contributed by atoms with Gasteiger partial charge in [-0.1, -0.05) is 18.2 Å². The van der Waals surface area contributed by atoms with Crippen molar-refractivity contribution >= 4 is 10.0 Å². The molecule has 1 aromatic rings. The van der Waals surface area contributed by atoms with Gasteiger partial charge in [0.05, 0.1) is 20.0 Å². The molecule has 1 aromatic carbocycles. The summed E-state index contributed by atoms with van der Waals surface area (Å²) in [5, 5.41) is 0. The van der Waals surface area contributed by atoms with Crippen LogP contribution in [0.1, 0.15) is 11.9 Å². The second-order valence-corrected chi connectivity index (χ2v) is 6.32. The van der Waals surface area contributed by atoms with Crippen LogP contribution in [0.4, 0.5) is 0 Å². The number of nitrogens with zero attached hydrogens (tertiary/aromatic N) is 1. The summed E-state index contributed by atoms with van der Waals surface area (Å²) in [6.07, 6.45) is -0.109. The van der Waals surface area contributed by atoms with E-state index in [1.165, 1.54) is 7.05 Å². The maximum Gasteiger partial charge on any atom is 0.213 e. The lowest BCUT2D eigenvalue weighted by molar-refractivity contribution is -0.0775. The average molecular weight is 287 g/mol. The van der Waals surface area contributed by atoms with Crippen molar-refractivity contribution in [3.63, 3.8) is 0 Å². The highest BCUT2D eigenvalue weighted by molar-refractivity contribution is 7.88. The van der Waals surface area contributed by atoms with Crippen LogP contribution in [0.15, 0.2) is 24.3 Å². The van der Waals surface area contributed by atoms with E-state index in [9.17, 15) is 8.42 Å². The average Bonchev–Trinajstić information content (AvgIpc) is 2.86. The quantitative estimate of drug-likeness (QED) is 0.825. The number of hydrogen-bond acceptors (Lipinski definition) is 5. The van der Waals surface area contributed by atoms with E-state index in [-0.39, 0.29) is 6.61 Å². The molecule has 1 heterocycles. The second kappa shape index (κ2) is 5.46. The summed E-state index contributed by atoms with van der Waals surface area (Å²) in [5.41, 5.74) is 0.745. The molecule has 0 saturated carbocycles. The molecular formula is C12H17NO5S. The molecular weight excluding hydrogens is 270 g/mol. The maximum absolute atomic E-state index is 11.5. The van der Waals surface area contributed by atoms with Crippen molar-refractivity contribution in [2.75, 3.05) is 27.0 Å². The minimum atomic E-state index is -3.31. The van der Waals surface area contributed by atoms with Crippen molar-refractivity contribution in [2.24, 2.45) is 0 Å². The van der Waals surface area contributed by atoms with E-state index in [4.69, 9.17) is 14.2 Å². The summed E-state index contributed by atoms with van der Waals surface area (Å²) < 4.78 is 40.4. The molecule has 0 radical (unpaired) electrons. The Morgan fingerprint density at radius 1 is 1.37 bits per heavy atom. The van der Waals surface area contributed by atoms with Crippen LogP contribution in [0, 0.1) is 0 Å². The molecule has 1 saturated heterocycles. The zero-order chi connectivity index (χ0) is 14.0. The van der Waals surface area contributed by atoms with Crippen molar-refractivity contribution in [3.05, 3.63) is 29.8 Å². The molecule has 0 aliphatic carbocycles. The Labute approximate surface area is 112 Å². The third-order valence-electron chi connectivity index (χ3n) is 2.99. The maximum atomic E-state index is 11.5. The third kappa shape index (κ3) is 3.06. The van der Waals surface area contributed by atoms with Gasteiger partial charge in [-0.15, -0.1) is 0 Å². The number of para-hydroxylation sites is 1. The fourth-order valence-electron chi connectivity index (χ4n) is 1.82. The number of rotatable bonds is 4. The minimum Gasteiger partial charge on any atom is -0.496 e. The Balaban J connectivity index is 2.14. The Morgan fingerprint density at radius 3 is 2.68 bits per heavy atom. The third-order valence-corrected chi connectivity index (χ3v) is 4.27. The molecule has 1 aliphatic rings. The van der Waals surface area contributed by atoms with Crippen LogP contribution >= 0.6 is 0 Å². The number of hydrogen-bond donors (Lipinski definition) is 0. The summed E-state index contributed by atoms with van der Waals surface area (Å²) in [6.45, 7) is 0.187. The molecule has 2 rings (SSSR count). The van der Waals surface area contributed by atoms with Crippen molar-refractivity contribution in [1.29, 1.82) is 0 Å². The lowest BCUT2D eigenvalue weighted by atomic mass is 10.2. The first-order valence-electron chi connectivity index (χ1n) is 5.76. The van der Waals surface area contributed by atoms with Gasteiger partial charge in [0.1, 0.15) is 12.0 Å². The Morgan fingerprint density at radius 2 is 2.05 bits per heavy atom. The standard InChI is InChI=1S/C12H17NO5S/c1-13(19(3,14)15)11-8-17-12(18-11)9-6-4-5-7-10(9)16-2/h4-7,11-12H,8H2,1-3H3. The van der Waals surface area contributed by atoms with Crippen LogP contribution in [0.3, 0.4) is 0 Å². The van der Waals surface area contributed by atoms with Gasteiger partial charge in [-0.25, -0.2) is 8.42 Å². The van der Waals surface area contributed by atoms with Crippen LogP contribution in [0.25, 0.3) is 0 Å². The first kappa shape index (κ1) is 14.3. The zero-order valence-electron chi connectivity index (χ0n) is 11.1. The molecule has 0 spiro atoms. The normalized spacial score (nSPS) is 23.8. The number of likely N-dealkylation sites (N-methyl/N-ethyl adjacent to an activating group) is 1. The first-order chi connectivity index (χ1) is 8.93. The molecule has 6 nitrogen and oxygen atoms in total. The lowest BCUT2D eigenvalue weighted by Crippen LogP contribution is -2.37. The summed E-state index contributed by atoms with van der Waals surface area (Å²) in [6, 6.07) is 7.32. The van der Waals surface area contributed by atoms with E-state index in [0.717, 1.165) is 16.1 Å². The Bertz CT molecular complexity index is 545. The fraction of sp³-hybridized carbons (Fsp3) is 0.500. The molecule has 7 heteroatoms. The zero-order valence-corrected chi connectivity index (χ0v) is 11.9. The van der Waals surface area contributed by atoms with E-state index in [1.54, 1.807) is 13.2 Å². The van der Waals surface area contributed by atoms with Crippen molar-refractivity contribution in [3.8, 4) is 5.75 Å². The number of sulfonamides is 1. The molecule has 19 heavy (non-hydrogen) atoms. The van der Waals surface area contributed by atoms with Gasteiger partial charge in [-0.05, 0) is 6.07 Å². The Kier molecular flexibility index (Phi) is 4.10. The van der Waals surface area contributed by atoms with E-state index in [1.807, 2.05) is 18.2 Å². The molecule has 2 unspecified atom stereocenters. The molecule has 1 aliphatic heterocycles. The molecule has 0 N–H and O–H groups in total. The fourth-order valence-corrected chi connectivity index (χ4v) is 2.36. The highest BCUT2D eigenvalue weighted by atomic mass is 32.2. The van der Waals surface area contributed by atoms with Crippen LogP contribution in [-0.2, 0) is 19.5 Å². The van der Waals surface area contributed by atoms with Crippen LogP contribution in [0.2, 0.25) is 0 Å². The smallest absolute Gasteiger partial charge is 0.213 e. The highest BCUT2D eigenvalue weighted by Crippen LogP contribution is 2.33. The van der Waals surface area contributed by atoms with Crippen molar-refractivity contribution < 1.29 is 22.6 Å². The molecule has 1 fully saturated rings. The predicted molar refractivity (Wildman–Crippen MR) is 69.2 cm³/mol. The van der Waals surface area contributed by atoms with E-state index in [2.05, 4.69) is 0 Å². The lowest BCUT2D eigenvalue weighted by Gasteiger charge is -2.20. The summed E-state index contributed by atoms with van der Waals surface area (Å²) in [5.74, 6) is 0.648. The van der Waals surface area contributed by atoms with Crippen molar-refractivity contribution in [2.45, 2.75) is 12.5 Å². The summed E-state index contributed by atoms with van der Waals surface area (Å²) in [7, 11) is -0.281. The first-order valence-corrected chi connectivity index (χ1v) is 7.61. The highest BCUT2D eigenvalue weighted by Gasteiger charge is 2.34. The van der Waals surface area contributed by atoms with E-state index in [0.29, 0.717) is 5.75 Å². The summed E-state index contributed by atoms with van der Waals surface area (Å²) in [4.78, 5) is 0. The molecule has 0 amide bonds. The Hall–Kier alpha value is -1.15. The molecule has 2 atom stereocenters. The SMILES string of the molecule is COc1ccccc1C1OCC(N(C)S(C)(=O)=O)O1. The van der Waals surface area contributed by atoms with Gasteiger partial charge in [0.15, 0.2) is 6.29 Å². The second-order valence-electron chi connectivity index (χ2n) is 4.28. The van der Waals surface area contributed by atoms with E-state index < -0.39 is 22.5 Å². The summed E-state index contributed by atoms with van der Waals surface area (Å²) >= 11 is 0. The van der Waals surface area contributed by atoms with Gasteiger partial charge in [-0.3, -0.25) is 0 Å². The molecule has 0 bridgehead atoms. The van der Waals surface area contributed by atoms with Crippen molar-refractivity contribution in [1.82, 2.24) is 4.31 Å². The minimum absolute atomic E-state index is 0.187. The predicted octanol–water partition coefficient (Wildman–Crippen LogP) is 0.958. The number of ether oxygens (including phenoxy) is 3. The van der Waals surface area contributed by atoms with Crippen LogP contribution in [-0.4, -0.2) is 46.0 Å². The monoisotopic (exact) mass is 287 g/mol.